The Labute approximate surface area is 120 Å². The van der Waals surface area contributed by atoms with Crippen LogP contribution in [0.15, 0.2) is 33.3 Å². The van der Waals surface area contributed by atoms with Gasteiger partial charge in [-0.25, -0.2) is 4.99 Å². The van der Waals surface area contributed by atoms with Gasteiger partial charge in [-0.2, -0.15) is 4.99 Å². The van der Waals surface area contributed by atoms with Crippen LogP contribution in [0.5, 0.6) is 0 Å². The average molecular weight is 293 g/mol. The Morgan fingerprint density at radius 1 is 1.40 bits per heavy atom. The lowest BCUT2D eigenvalue weighted by atomic mass is 10.1. The first-order chi connectivity index (χ1) is 9.35. The van der Waals surface area contributed by atoms with Crippen LogP contribution in [0.1, 0.15) is 13.8 Å². The van der Waals surface area contributed by atoms with E-state index in [9.17, 15) is 0 Å². The molecule has 0 saturated carbocycles. The second-order valence-electron chi connectivity index (χ2n) is 4.59. The van der Waals surface area contributed by atoms with Gasteiger partial charge in [0.05, 0.1) is 10.7 Å². The third-order valence-corrected chi connectivity index (χ3v) is 3.05. The summed E-state index contributed by atoms with van der Waals surface area (Å²) in [7, 11) is 0. The van der Waals surface area contributed by atoms with Crippen molar-refractivity contribution in [2.24, 2.45) is 26.6 Å². The molecule has 1 heterocycles. The standard InChI is InChI=1S/C11H13ClN8/c1-11(2)17-9(13)16-10(14)20(11)6-3-4-7(12)8(5-6)18-19-15/h3-5H,1-2H3,(H4,13,14,16,17). The molecule has 20 heavy (non-hydrogen) atoms. The zero-order chi connectivity index (χ0) is 14.9. The number of azide groups is 1. The van der Waals surface area contributed by atoms with E-state index in [1.807, 2.05) is 13.8 Å². The molecule has 0 unspecified atom stereocenters. The van der Waals surface area contributed by atoms with E-state index < -0.39 is 5.66 Å². The smallest absolute Gasteiger partial charge is 0.220 e. The van der Waals surface area contributed by atoms with Crippen LogP contribution >= 0.6 is 11.6 Å². The molecule has 1 aliphatic rings. The summed E-state index contributed by atoms with van der Waals surface area (Å²) in [5.74, 6) is 0.324. The SMILES string of the molecule is CC1(C)N=C(N)N=C(N)N1c1ccc(Cl)c(N=[N+]=[N-])c1. The topological polar surface area (TPSA) is 129 Å². The highest BCUT2D eigenvalue weighted by Crippen LogP contribution is 2.34. The maximum absolute atomic E-state index is 8.53. The molecule has 0 aromatic heterocycles. The second-order valence-corrected chi connectivity index (χ2v) is 5.00. The first-order valence-corrected chi connectivity index (χ1v) is 6.07. The number of hydrogen-bond donors (Lipinski definition) is 2. The van der Waals surface area contributed by atoms with Crippen molar-refractivity contribution in [2.45, 2.75) is 19.5 Å². The van der Waals surface area contributed by atoms with Crippen molar-refractivity contribution in [3.63, 3.8) is 0 Å². The van der Waals surface area contributed by atoms with Gasteiger partial charge in [-0.1, -0.05) is 16.7 Å². The number of nitrogens with zero attached hydrogens (tertiary/aromatic N) is 6. The van der Waals surface area contributed by atoms with Gasteiger partial charge in [0.15, 0.2) is 0 Å². The van der Waals surface area contributed by atoms with E-state index in [0.29, 0.717) is 16.4 Å². The van der Waals surface area contributed by atoms with Crippen LogP contribution in [0, 0.1) is 0 Å². The van der Waals surface area contributed by atoms with Crippen LogP contribution in [0.3, 0.4) is 0 Å². The largest absolute Gasteiger partial charge is 0.369 e. The second kappa shape index (κ2) is 4.92. The van der Waals surface area contributed by atoms with Crippen LogP contribution in [0.2, 0.25) is 5.02 Å². The van der Waals surface area contributed by atoms with Crippen molar-refractivity contribution >= 4 is 34.9 Å². The molecule has 1 aromatic carbocycles. The summed E-state index contributed by atoms with van der Waals surface area (Å²) in [6.45, 7) is 3.67. The van der Waals surface area contributed by atoms with Gasteiger partial charge >= 0.3 is 0 Å². The van der Waals surface area contributed by atoms with E-state index in [1.165, 1.54) is 0 Å². The zero-order valence-corrected chi connectivity index (χ0v) is 11.7. The normalized spacial score (nSPS) is 17.1. The maximum atomic E-state index is 8.53. The molecule has 8 nitrogen and oxygen atoms in total. The van der Waals surface area contributed by atoms with Crippen molar-refractivity contribution in [3.8, 4) is 0 Å². The van der Waals surface area contributed by atoms with Crippen molar-refractivity contribution in [1.82, 2.24) is 0 Å². The highest BCUT2D eigenvalue weighted by Gasteiger charge is 2.33. The van der Waals surface area contributed by atoms with E-state index in [2.05, 4.69) is 20.0 Å². The Bertz CT molecular complexity index is 656. The van der Waals surface area contributed by atoms with Crippen LogP contribution in [0.25, 0.3) is 10.4 Å². The van der Waals surface area contributed by atoms with Crippen LogP contribution in [-0.2, 0) is 0 Å². The Hall–Kier alpha value is -2.44. The number of anilines is 1. The molecule has 0 radical (unpaired) electrons. The summed E-state index contributed by atoms with van der Waals surface area (Å²) in [4.78, 5) is 12.6. The number of rotatable bonds is 2. The fraction of sp³-hybridized carbons (Fsp3) is 0.273. The molecule has 0 aliphatic carbocycles. The fourth-order valence-electron chi connectivity index (χ4n) is 2.02. The molecule has 1 aromatic rings. The number of benzene rings is 1. The predicted octanol–water partition coefficient (Wildman–Crippen LogP) is 2.47. The quantitative estimate of drug-likeness (QED) is 0.493. The summed E-state index contributed by atoms with van der Waals surface area (Å²) in [6, 6.07) is 4.97. The fourth-order valence-corrected chi connectivity index (χ4v) is 2.17. The number of guanidine groups is 2. The van der Waals surface area contributed by atoms with E-state index >= 15 is 0 Å². The molecular formula is C11H13ClN8. The Morgan fingerprint density at radius 2 is 2.10 bits per heavy atom. The summed E-state index contributed by atoms with van der Waals surface area (Å²) >= 11 is 5.95. The lowest BCUT2D eigenvalue weighted by Gasteiger charge is -2.38. The third kappa shape index (κ3) is 2.47. The molecule has 104 valence electrons. The number of nitrogens with two attached hydrogens (primary N) is 2. The number of halogens is 1. The molecule has 0 fully saturated rings. The Balaban J connectivity index is 2.54. The van der Waals surface area contributed by atoms with Crippen molar-refractivity contribution in [2.75, 3.05) is 4.90 Å². The van der Waals surface area contributed by atoms with E-state index in [0.717, 1.165) is 0 Å². The number of hydrogen-bond acceptors (Lipinski definition) is 6. The van der Waals surface area contributed by atoms with Crippen LogP contribution < -0.4 is 16.4 Å². The molecule has 0 spiro atoms. The molecule has 9 heteroatoms. The molecule has 0 atom stereocenters. The molecule has 4 N–H and O–H groups in total. The van der Waals surface area contributed by atoms with Crippen molar-refractivity contribution in [3.05, 3.63) is 33.7 Å². The summed E-state index contributed by atoms with van der Waals surface area (Å²) in [5, 5.41) is 3.88. The minimum atomic E-state index is -0.711. The first kappa shape index (κ1) is 14.0. The predicted molar refractivity (Wildman–Crippen MR) is 80.1 cm³/mol. The van der Waals surface area contributed by atoms with Gasteiger partial charge in [0.2, 0.25) is 11.9 Å². The molecule has 2 rings (SSSR count). The van der Waals surface area contributed by atoms with Gasteiger partial charge in [-0.05, 0) is 37.6 Å². The van der Waals surface area contributed by atoms with Crippen LogP contribution in [-0.4, -0.2) is 17.6 Å². The summed E-state index contributed by atoms with van der Waals surface area (Å²) < 4.78 is 0. The van der Waals surface area contributed by atoms with Gasteiger partial charge in [0.1, 0.15) is 5.66 Å². The minimum absolute atomic E-state index is 0.119. The van der Waals surface area contributed by atoms with E-state index in [4.69, 9.17) is 28.6 Å². The van der Waals surface area contributed by atoms with Gasteiger partial charge in [0, 0.05) is 10.6 Å². The third-order valence-electron chi connectivity index (χ3n) is 2.73. The first-order valence-electron chi connectivity index (χ1n) is 5.69. The van der Waals surface area contributed by atoms with Gasteiger partial charge in [0.25, 0.3) is 0 Å². The highest BCUT2D eigenvalue weighted by molar-refractivity contribution is 6.33. The van der Waals surface area contributed by atoms with E-state index in [1.54, 1.807) is 23.1 Å². The van der Waals surface area contributed by atoms with E-state index in [-0.39, 0.29) is 11.9 Å². The molecular weight excluding hydrogens is 280 g/mol. The van der Waals surface area contributed by atoms with Gasteiger partial charge in [-0.3, -0.25) is 4.90 Å². The summed E-state index contributed by atoms with van der Waals surface area (Å²) in [5.41, 5.74) is 20.3. The van der Waals surface area contributed by atoms with Gasteiger partial charge < -0.3 is 11.5 Å². The molecule has 0 amide bonds. The summed E-state index contributed by atoms with van der Waals surface area (Å²) in [6.07, 6.45) is 0. The Kier molecular flexibility index (Phi) is 3.44. The lowest BCUT2D eigenvalue weighted by molar-refractivity contribution is 0.534. The van der Waals surface area contributed by atoms with Crippen molar-refractivity contribution < 1.29 is 0 Å². The molecule has 0 saturated heterocycles. The zero-order valence-electron chi connectivity index (χ0n) is 10.9. The van der Waals surface area contributed by atoms with Crippen molar-refractivity contribution in [1.29, 1.82) is 0 Å². The molecule has 1 aliphatic heterocycles. The Morgan fingerprint density at radius 3 is 2.70 bits per heavy atom. The van der Waals surface area contributed by atoms with Crippen LogP contribution in [0.4, 0.5) is 11.4 Å². The lowest BCUT2D eigenvalue weighted by Crippen LogP contribution is -2.54. The minimum Gasteiger partial charge on any atom is -0.369 e. The average Bonchev–Trinajstić information content (AvgIpc) is 2.31. The van der Waals surface area contributed by atoms with Gasteiger partial charge in [-0.15, -0.1) is 0 Å². The maximum Gasteiger partial charge on any atom is 0.220 e. The molecule has 0 bridgehead atoms. The highest BCUT2D eigenvalue weighted by atomic mass is 35.5. The number of aliphatic imine (C=N–C) groups is 2. The monoisotopic (exact) mass is 292 g/mol.